The molecule has 3 aliphatic carbocycles. The third kappa shape index (κ3) is 4.30. The van der Waals surface area contributed by atoms with E-state index >= 15 is 0 Å². The van der Waals surface area contributed by atoms with Gasteiger partial charge in [-0.25, -0.2) is 4.68 Å². The van der Waals surface area contributed by atoms with Gasteiger partial charge < -0.3 is 10.6 Å². The Labute approximate surface area is 221 Å². The molecule has 0 saturated heterocycles. The highest BCUT2D eigenvalue weighted by Gasteiger charge is 2.58. The molecule has 188 valence electrons. The highest BCUT2D eigenvalue weighted by molar-refractivity contribution is 6.32. The second-order valence-electron chi connectivity index (χ2n) is 11.7. The van der Waals surface area contributed by atoms with Crippen molar-refractivity contribution in [3.05, 3.63) is 76.7 Å². The van der Waals surface area contributed by atoms with E-state index < -0.39 is 0 Å². The van der Waals surface area contributed by atoms with Crippen molar-refractivity contribution in [1.29, 1.82) is 5.26 Å². The Bertz CT molecular complexity index is 1500. The first-order valence-corrected chi connectivity index (χ1v) is 13.1. The Hall–Kier alpha value is -3.63. The molecular formula is C29H30ClN7. The van der Waals surface area contributed by atoms with E-state index in [1.54, 1.807) is 6.20 Å². The van der Waals surface area contributed by atoms with E-state index in [2.05, 4.69) is 75.8 Å². The molecular weight excluding hydrogens is 482 g/mol. The van der Waals surface area contributed by atoms with Crippen molar-refractivity contribution in [3.63, 3.8) is 0 Å². The molecule has 0 amide bonds. The molecule has 2 aromatic heterocycles. The average Bonchev–Trinajstić information content (AvgIpc) is 3.27. The van der Waals surface area contributed by atoms with Crippen molar-refractivity contribution in [2.45, 2.75) is 51.6 Å². The molecule has 2 aromatic carbocycles. The standard InChI is InChI=1S/C29H30ClN7/c1-28(2,3)17-33-25-20(14-31)15-32-27-22(25)9-21(30)10-23(27)34-26(19-7-5-4-6-8-19)24-16-37(36-35-24)29-11-18(12-29)13-29/h4-10,15-16,18,26,34H,11-13,17H2,1-3H3,(H,32,33)/t18?,26-,29?/m0/s1. The molecule has 0 spiro atoms. The van der Waals surface area contributed by atoms with Crippen molar-refractivity contribution in [2.75, 3.05) is 17.2 Å². The molecule has 37 heavy (non-hydrogen) atoms. The van der Waals surface area contributed by atoms with E-state index in [9.17, 15) is 5.26 Å². The summed E-state index contributed by atoms with van der Waals surface area (Å²) in [7, 11) is 0. The Morgan fingerprint density at radius 2 is 1.95 bits per heavy atom. The van der Waals surface area contributed by atoms with Gasteiger partial charge in [0.05, 0.1) is 40.2 Å². The van der Waals surface area contributed by atoms with Gasteiger partial charge in [0.1, 0.15) is 11.8 Å². The molecule has 8 heteroatoms. The van der Waals surface area contributed by atoms with Gasteiger partial charge in [-0.05, 0) is 48.3 Å². The summed E-state index contributed by atoms with van der Waals surface area (Å²) in [6.45, 7) is 7.16. The fourth-order valence-corrected chi connectivity index (χ4v) is 5.71. The summed E-state index contributed by atoms with van der Waals surface area (Å²) < 4.78 is 2.07. The number of fused-ring (bicyclic) bond motifs is 1. The van der Waals surface area contributed by atoms with Crippen molar-refractivity contribution < 1.29 is 0 Å². The minimum atomic E-state index is -0.243. The van der Waals surface area contributed by atoms with Crippen LogP contribution in [0.5, 0.6) is 0 Å². The second kappa shape index (κ2) is 8.74. The van der Waals surface area contributed by atoms with Gasteiger partial charge in [0.25, 0.3) is 0 Å². The van der Waals surface area contributed by atoms with Crippen LogP contribution in [-0.2, 0) is 5.54 Å². The van der Waals surface area contributed by atoms with E-state index in [1.807, 2.05) is 30.3 Å². The van der Waals surface area contributed by atoms with Gasteiger partial charge in [0, 0.05) is 23.2 Å². The normalized spacial score (nSPS) is 21.0. The molecule has 3 saturated carbocycles. The van der Waals surface area contributed by atoms with Gasteiger partial charge in [-0.2, -0.15) is 5.26 Å². The number of nitrogens with one attached hydrogen (secondary N) is 2. The Morgan fingerprint density at radius 3 is 2.59 bits per heavy atom. The number of anilines is 2. The maximum absolute atomic E-state index is 9.79. The number of rotatable bonds is 7. The quantitative estimate of drug-likeness (QED) is 0.293. The number of pyridine rings is 1. The highest BCUT2D eigenvalue weighted by Crippen LogP contribution is 2.62. The summed E-state index contributed by atoms with van der Waals surface area (Å²) in [5.41, 5.74) is 4.89. The SMILES string of the molecule is CC(C)(C)CNc1c(C#N)cnc2c(N[C@@H](c3ccccc3)c3cn(C45CC(C4)C5)nn3)cc(Cl)cc12. The van der Waals surface area contributed by atoms with E-state index in [-0.39, 0.29) is 17.0 Å². The molecule has 2 N–H and O–H groups in total. The summed E-state index contributed by atoms with van der Waals surface area (Å²) >= 11 is 6.64. The number of nitrogens with zero attached hydrogens (tertiary/aromatic N) is 5. The minimum Gasteiger partial charge on any atom is -0.383 e. The van der Waals surface area contributed by atoms with Crippen LogP contribution in [0.25, 0.3) is 10.9 Å². The highest BCUT2D eigenvalue weighted by atomic mass is 35.5. The fraction of sp³-hybridized carbons (Fsp3) is 0.379. The maximum atomic E-state index is 9.79. The van der Waals surface area contributed by atoms with Crippen LogP contribution in [0, 0.1) is 22.7 Å². The van der Waals surface area contributed by atoms with Crippen LogP contribution in [0.1, 0.15) is 62.9 Å². The molecule has 0 aliphatic heterocycles. The summed E-state index contributed by atoms with van der Waals surface area (Å²) in [5, 5.41) is 27.5. The molecule has 3 fully saturated rings. The van der Waals surface area contributed by atoms with Crippen LogP contribution in [-0.4, -0.2) is 26.5 Å². The maximum Gasteiger partial charge on any atom is 0.109 e. The molecule has 0 radical (unpaired) electrons. The lowest BCUT2D eigenvalue weighted by Gasteiger charge is -2.61. The fourth-order valence-electron chi connectivity index (χ4n) is 5.49. The van der Waals surface area contributed by atoms with E-state index in [4.69, 9.17) is 11.6 Å². The zero-order chi connectivity index (χ0) is 25.8. The third-order valence-corrected chi connectivity index (χ3v) is 7.80. The van der Waals surface area contributed by atoms with Crippen LogP contribution in [0.15, 0.2) is 54.9 Å². The molecule has 2 bridgehead atoms. The molecule has 7 nitrogen and oxygen atoms in total. The van der Waals surface area contributed by atoms with Gasteiger partial charge in [-0.1, -0.05) is 67.9 Å². The van der Waals surface area contributed by atoms with Crippen LogP contribution >= 0.6 is 11.6 Å². The number of benzene rings is 2. The first kappa shape index (κ1) is 23.7. The predicted molar refractivity (Wildman–Crippen MR) is 147 cm³/mol. The number of halogens is 1. The van der Waals surface area contributed by atoms with Gasteiger partial charge in [0.2, 0.25) is 0 Å². The smallest absolute Gasteiger partial charge is 0.109 e. The number of nitriles is 1. The van der Waals surface area contributed by atoms with Crippen LogP contribution < -0.4 is 10.6 Å². The number of hydrogen-bond donors (Lipinski definition) is 2. The lowest BCUT2D eigenvalue weighted by molar-refractivity contribution is -0.0989. The van der Waals surface area contributed by atoms with Crippen molar-refractivity contribution in [2.24, 2.45) is 11.3 Å². The lowest BCUT2D eigenvalue weighted by atomic mass is 9.50. The number of aromatic nitrogens is 4. The van der Waals surface area contributed by atoms with Gasteiger partial charge in [0.15, 0.2) is 0 Å². The van der Waals surface area contributed by atoms with Crippen molar-refractivity contribution in [3.8, 4) is 6.07 Å². The van der Waals surface area contributed by atoms with E-state index in [1.165, 1.54) is 19.3 Å². The van der Waals surface area contributed by atoms with Gasteiger partial charge in [-0.3, -0.25) is 4.98 Å². The first-order chi connectivity index (χ1) is 17.7. The average molecular weight is 512 g/mol. The lowest BCUT2D eigenvalue weighted by Crippen LogP contribution is -2.59. The largest absolute Gasteiger partial charge is 0.383 e. The zero-order valence-corrected chi connectivity index (χ0v) is 22.0. The second-order valence-corrected chi connectivity index (χ2v) is 12.1. The molecule has 2 heterocycles. The zero-order valence-electron chi connectivity index (χ0n) is 21.3. The summed E-state index contributed by atoms with van der Waals surface area (Å²) in [6.07, 6.45) is 7.32. The summed E-state index contributed by atoms with van der Waals surface area (Å²) in [5.74, 6) is 0.860. The Kier molecular flexibility index (Phi) is 5.61. The topological polar surface area (TPSA) is 91.5 Å². The molecule has 1 atom stereocenters. The minimum absolute atomic E-state index is 0.0343. The van der Waals surface area contributed by atoms with Crippen LogP contribution in [0.2, 0.25) is 5.02 Å². The van der Waals surface area contributed by atoms with E-state index in [0.29, 0.717) is 17.1 Å². The summed E-state index contributed by atoms with van der Waals surface area (Å²) in [4.78, 5) is 4.69. The Morgan fingerprint density at radius 1 is 1.19 bits per heavy atom. The van der Waals surface area contributed by atoms with Crippen LogP contribution in [0.3, 0.4) is 0 Å². The van der Waals surface area contributed by atoms with E-state index in [0.717, 1.165) is 39.5 Å². The molecule has 0 unspecified atom stereocenters. The van der Waals surface area contributed by atoms with Gasteiger partial charge >= 0.3 is 0 Å². The number of hydrogen-bond acceptors (Lipinski definition) is 6. The first-order valence-electron chi connectivity index (χ1n) is 12.8. The molecule has 4 aromatic rings. The van der Waals surface area contributed by atoms with Crippen LogP contribution in [0.4, 0.5) is 11.4 Å². The predicted octanol–water partition coefficient (Wildman–Crippen LogP) is 6.52. The van der Waals surface area contributed by atoms with Crippen molar-refractivity contribution >= 4 is 33.9 Å². The van der Waals surface area contributed by atoms with Crippen molar-refractivity contribution in [1.82, 2.24) is 20.0 Å². The van der Waals surface area contributed by atoms with Gasteiger partial charge in [-0.15, -0.1) is 5.10 Å². The summed E-state index contributed by atoms with van der Waals surface area (Å²) in [6, 6.07) is 16.0. The molecule has 7 rings (SSSR count). The Balaban J connectivity index is 1.42. The third-order valence-electron chi connectivity index (χ3n) is 7.58. The molecule has 3 aliphatic rings. The monoisotopic (exact) mass is 511 g/mol.